The average molecular weight is 558 g/mol. The normalized spacial score (nSPS) is 16.7. The fraction of sp³-hybridized carbons (Fsp3) is 0.444. The van der Waals surface area contributed by atoms with E-state index in [9.17, 15) is 18.6 Å². The van der Waals surface area contributed by atoms with E-state index in [1.807, 2.05) is 0 Å². The lowest BCUT2D eigenvalue weighted by Crippen LogP contribution is -2.46. The first-order chi connectivity index (χ1) is 18.9. The van der Waals surface area contributed by atoms with Crippen LogP contribution in [0.3, 0.4) is 0 Å². The van der Waals surface area contributed by atoms with E-state index < -0.39 is 28.4 Å². The Labute approximate surface area is 228 Å². The molecule has 208 valence electrons. The molecule has 1 fully saturated rings. The fourth-order valence-corrected chi connectivity index (χ4v) is 5.67. The Balaban J connectivity index is 1.23. The number of carbonyl (C=O) groups excluding carboxylic acids is 3. The van der Waals surface area contributed by atoms with Crippen molar-refractivity contribution in [3.05, 3.63) is 36.4 Å². The van der Waals surface area contributed by atoms with Gasteiger partial charge >= 0.3 is 0 Å². The molecule has 39 heavy (non-hydrogen) atoms. The van der Waals surface area contributed by atoms with Gasteiger partial charge in [-0.3, -0.25) is 18.6 Å². The molecular formula is C27H31N3O8S. The summed E-state index contributed by atoms with van der Waals surface area (Å²) in [6, 6.07) is 9.99. The molecule has 0 saturated heterocycles. The molecule has 2 aliphatic heterocycles. The molecule has 0 unspecified atom stereocenters. The number of hydrogen-bond donors (Lipinski definition) is 2. The molecule has 3 aliphatic rings. The fourth-order valence-electron chi connectivity index (χ4n) is 4.77. The summed E-state index contributed by atoms with van der Waals surface area (Å²) in [6.45, 7) is 0.661. The Morgan fingerprint density at radius 2 is 1.51 bits per heavy atom. The van der Waals surface area contributed by atoms with E-state index in [2.05, 4.69) is 10.6 Å². The van der Waals surface area contributed by atoms with Crippen molar-refractivity contribution >= 4 is 39.9 Å². The van der Waals surface area contributed by atoms with Crippen LogP contribution in [0.2, 0.25) is 0 Å². The quantitative estimate of drug-likeness (QED) is 0.480. The van der Waals surface area contributed by atoms with E-state index in [0.29, 0.717) is 47.6 Å². The van der Waals surface area contributed by atoms with Gasteiger partial charge in [0.05, 0.1) is 0 Å². The van der Waals surface area contributed by atoms with E-state index in [-0.39, 0.29) is 31.0 Å². The molecule has 2 N–H and O–H groups in total. The van der Waals surface area contributed by atoms with Crippen LogP contribution in [0.25, 0.3) is 0 Å². The molecule has 2 aromatic carbocycles. The smallest absolute Gasteiger partial charge is 0.240 e. The van der Waals surface area contributed by atoms with E-state index in [4.69, 9.17) is 18.9 Å². The Kier molecular flexibility index (Phi) is 8.50. The molecule has 2 aromatic rings. The van der Waals surface area contributed by atoms with Crippen LogP contribution in [0.15, 0.2) is 36.4 Å². The van der Waals surface area contributed by atoms with Gasteiger partial charge in [0.1, 0.15) is 31.3 Å². The maximum Gasteiger partial charge on any atom is 0.240 e. The van der Waals surface area contributed by atoms with Crippen LogP contribution >= 0.6 is 0 Å². The molecule has 3 amide bonds. The number of anilines is 2. The number of hydrogen-bond acceptors (Lipinski definition) is 8. The van der Waals surface area contributed by atoms with E-state index in [0.717, 1.165) is 32.1 Å². The standard InChI is InChI=1S/C27H31N3O8S/c31-25(28-18-4-2-1-3-5-18)14-30(20-7-9-21-24(13-20)36-11-10-35-21)27(33)16-39(34)15-26(32)29-19-6-8-22-23(12-19)38-17-37-22/h6-9,12-13,18H,1-5,10-11,14-17H2,(H,28,31)(H,29,32)/t39-/m0/s1. The Bertz CT molecular complexity index is 1260. The molecule has 0 radical (unpaired) electrons. The van der Waals surface area contributed by atoms with Crippen molar-refractivity contribution < 1.29 is 37.5 Å². The predicted molar refractivity (Wildman–Crippen MR) is 144 cm³/mol. The SMILES string of the molecule is O=C(C[S@](=O)CC(=O)N(CC(=O)NC1CCCCC1)c1ccc2c(c1)OCCO2)Nc1ccc2c(c1)OCO2. The van der Waals surface area contributed by atoms with Crippen molar-refractivity contribution in [1.82, 2.24) is 5.32 Å². The van der Waals surface area contributed by atoms with Crippen molar-refractivity contribution in [3.63, 3.8) is 0 Å². The molecule has 1 aliphatic carbocycles. The molecule has 1 atom stereocenters. The van der Waals surface area contributed by atoms with E-state index >= 15 is 0 Å². The second-order valence-corrected chi connectivity index (χ2v) is 11.0. The van der Waals surface area contributed by atoms with Gasteiger partial charge in [-0.15, -0.1) is 0 Å². The minimum atomic E-state index is -1.82. The van der Waals surface area contributed by atoms with Crippen LogP contribution in [0, 0.1) is 0 Å². The highest BCUT2D eigenvalue weighted by atomic mass is 32.2. The zero-order valence-corrected chi connectivity index (χ0v) is 22.3. The van der Waals surface area contributed by atoms with Gasteiger partial charge in [-0.25, -0.2) is 0 Å². The molecule has 1 saturated carbocycles. The van der Waals surface area contributed by atoms with Crippen molar-refractivity contribution in [2.75, 3.05) is 48.3 Å². The van der Waals surface area contributed by atoms with Crippen molar-refractivity contribution in [1.29, 1.82) is 0 Å². The zero-order chi connectivity index (χ0) is 27.2. The molecular weight excluding hydrogens is 526 g/mol. The Morgan fingerprint density at radius 3 is 2.33 bits per heavy atom. The van der Waals surface area contributed by atoms with Crippen molar-refractivity contribution in [2.24, 2.45) is 0 Å². The summed E-state index contributed by atoms with van der Waals surface area (Å²) in [5.74, 6) is -0.0682. The number of benzene rings is 2. The number of carbonyl (C=O) groups is 3. The Morgan fingerprint density at radius 1 is 0.821 bits per heavy atom. The van der Waals surface area contributed by atoms with Crippen LogP contribution < -0.4 is 34.5 Å². The van der Waals surface area contributed by atoms with Crippen LogP contribution in [0.5, 0.6) is 23.0 Å². The first kappa shape index (κ1) is 26.8. The number of ether oxygens (including phenoxy) is 4. The summed E-state index contributed by atoms with van der Waals surface area (Å²) in [7, 11) is -1.82. The van der Waals surface area contributed by atoms with Crippen molar-refractivity contribution in [2.45, 2.75) is 38.1 Å². The van der Waals surface area contributed by atoms with Gasteiger partial charge in [-0.05, 0) is 37.1 Å². The predicted octanol–water partition coefficient (Wildman–Crippen LogP) is 2.36. The number of nitrogens with one attached hydrogen (secondary N) is 2. The van der Waals surface area contributed by atoms with E-state index in [1.165, 1.54) is 4.90 Å². The third-order valence-electron chi connectivity index (χ3n) is 6.64. The minimum absolute atomic E-state index is 0.0810. The number of amides is 3. The monoisotopic (exact) mass is 557 g/mol. The minimum Gasteiger partial charge on any atom is -0.486 e. The zero-order valence-electron chi connectivity index (χ0n) is 21.4. The topological polar surface area (TPSA) is 133 Å². The summed E-state index contributed by atoms with van der Waals surface area (Å²) < 4.78 is 34.6. The highest BCUT2D eigenvalue weighted by Gasteiger charge is 2.26. The molecule has 0 bridgehead atoms. The first-order valence-corrected chi connectivity index (χ1v) is 14.5. The molecule has 2 heterocycles. The highest BCUT2D eigenvalue weighted by Crippen LogP contribution is 2.35. The van der Waals surface area contributed by atoms with Crippen LogP contribution in [-0.4, -0.2) is 66.0 Å². The summed E-state index contributed by atoms with van der Waals surface area (Å²) in [4.78, 5) is 40.0. The van der Waals surface area contributed by atoms with Crippen molar-refractivity contribution in [3.8, 4) is 23.0 Å². The van der Waals surface area contributed by atoms with Crippen LogP contribution in [0.1, 0.15) is 32.1 Å². The molecule has 0 spiro atoms. The maximum atomic E-state index is 13.3. The summed E-state index contributed by atoms with van der Waals surface area (Å²) in [5, 5.41) is 5.68. The third kappa shape index (κ3) is 6.99. The highest BCUT2D eigenvalue weighted by molar-refractivity contribution is 7.86. The maximum absolute atomic E-state index is 13.3. The lowest BCUT2D eigenvalue weighted by atomic mass is 9.95. The second kappa shape index (κ2) is 12.4. The Hall–Kier alpha value is -3.80. The summed E-state index contributed by atoms with van der Waals surface area (Å²) in [6.07, 6.45) is 5.09. The first-order valence-electron chi connectivity index (χ1n) is 13.0. The van der Waals surface area contributed by atoms with Gasteiger partial charge in [0.15, 0.2) is 23.0 Å². The van der Waals surface area contributed by atoms with Gasteiger partial charge in [-0.2, -0.15) is 0 Å². The van der Waals surface area contributed by atoms with Gasteiger partial charge in [-0.1, -0.05) is 19.3 Å². The number of nitrogens with zero attached hydrogens (tertiary/aromatic N) is 1. The second-order valence-electron chi connectivity index (χ2n) is 9.56. The van der Waals surface area contributed by atoms with Gasteiger partial charge in [0.2, 0.25) is 24.5 Å². The largest absolute Gasteiger partial charge is 0.486 e. The third-order valence-corrected chi connectivity index (χ3v) is 7.80. The molecule has 11 nitrogen and oxygen atoms in total. The molecule has 5 rings (SSSR count). The summed E-state index contributed by atoms with van der Waals surface area (Å²) >= 11 is 0. The number of rotatable bonds is 9. The molecule has 12 heteroatoms. The summed E-state index contributed by atoms with van der Waals surface area (Å²) in [5.41, 5.74) is 0.884. The van der Waals surface area contributed by atoms with Crippen LogP contribution in [0.4, 0.5) is 11.4 Å². The lowest BCUT2D eigenvalue weighted by molar-refractivity contribution is -0.123. The number of fused-ring (bicyclic) bond motifs is 2. The lowest BCUT2D eigenvalue weighted by Gasteiger charge is -2.27. The van der Waals surface area contributed by atoms with Crippen LogP contribution in [-0.2, 0) is 25.2 Å². The van der Waals surface area contributed by atoms with Gasteiger partial charge < -0.3 is 34.5 Å². The van der Waals surface area contributed by atoms with E-state index in [1.54, 1.807) is 36.4 Å². The van der Waals surface area contributed by atoms with Gasteiger partial charge in [0, 0.05) is 40.3 Å². The average Bonchev–Trinajstić information content (AvgIpc) is 3.40. The molecule has 0 aromatic heterocycles. The van der Waals surface area contributed by atoms with Gasteiger partial charge in [0.25, 0.3) is 0 Å².